The third-order valence-electron chi connectivity index (χ3n) is 4.83. The van der Waals surface area contributed by atoms with Gasteiger partial charge in [0.25, 0.3) is 5.91 Å². The van der Waals surface area contributed by atoms with Crippen LogP contribution in [0.15, 0.2) is 48.5 Å². The molecule has 0 spiro atoms. The Bertz CT molecular complexity index is 738. The van der Waals surface area contributed by atoms with Crippen LogP contribution in [0.4, 0.5) is 0 Å². The Morgan fingerprint density at radius 2 is 1.85 bits per heavy atom. The quantitative estimate of drug-likeness (QED) is 0.827. The summed E-state index contributed by atoms with van der Waals surface area (Å²) in [7, 11) is 0. The fraction of sp³-hybridized carbons (Fsp3) is 0.409. The van der Waals surface area contributed by atoms with Gasteiger partial charge in [-0.15, -0.1) is 0 Å². The van der Waals surface area contributed by atoms with Crippen molar-refractivity contribution in [3.05, 3.63) is 65.2 Å². The number of nitrogens with one attached hydrogen (secondary N) is 1. The number of para-hydroxylation sites is 1. The Labute approximate surface area is 156 Å². The van der Waals surface area contributed by atoms with Gasteiger partial charge in [-0.05, 0) is 62.5 Å². The summed E-state index contributed by atoms with van der Waals surface area (Å²) in [5.74, 6) is 0.654. The van der Waals surface area contributed by atoms with Crippen LogP contribution in [0.2, 0.25) is 0 Å². The normalized spacial score (nSPS) is 15.6. The fourth-order valence-electron chi connectivity index (χ4n) is 3.30. The molecule has 4 heteroatoms. The van der Waals surface area contributed by atoms with Crippen molar-refractivity contribution in [3.63, 3.8) is 0 Å². The zero-order valence-corrected chi connectivity index (χ0v) is 15.7. The summed E-state index contributed by atoms with van der Waals surface area (Å²) in [5, 5.41) is 2.98. The lowest BCUT2D eigenvalue weighted by Gasteiger charge is -2.17. The first kappa shape index (κ1) is 18.5. The first-order valence-electron chi connectivity index (χ1n) is 9.42. The van der Waals surface area contributed by atoms with E-state index in [9.17, 15) is 4.79 Å². The number of hydrogen-bond acceptors (Lipinski definition) is 3. The van der Waals surface area contributed by atoms with Gasteiger partial charge in [-0.25, -0.2) is 0 Å². The third kappa shape index (κ3) is 5.09. The minimum atomic E-state index is -0.524. The molecule has 0 radical (unpaired) electrons. The van der Waals surface area contributed by atoms with Gasteiger partial charge in [0.05, 0.1) is 0 Å². The molecule has 1 saturated heterocycles. The van der Waals surface area contributed by atoms with Crippen LogP contribution in [-0.4, -0.2) is 30.0 Å². The van der Waals surface area contributed by atoms with Gasteiger partial charge in [0.1, 0.15) is 5.75 Å². The number of benzene rings is 2. The van der Waals surface area contributed by atoms with Gasteiger partial charge in [-0.2, -0.15) is 0 Å². The van der Waals surface area contributed by atoms with Gasteiger partial charge >= 0.3 is 0 Å². The van der Waals surface area contributed by atoms with Gasteiger partial charge in [-0.1, -0.05) is 42.5 Å². The largest absolute Gasteiger partial charge is 0.481 e. The molecule has 4 nitrogen and oxygen atoms in total. The molecular weight excluding hydrogens is 324 g/mol. The van der Waals surface area contributed by atoms with Crippen LogP contribution < -0.4 is 10.1 Å². The number of aryl methyl sites for hydroxylation is 1. The van der Waals surface area contributed by atoms with E-state index < -0.39 is 6.10 Å². The highest BCUT2D eigenvalue weighted by Crippen LogP contribution is 2.18. The average molecular weight is 352 g/mol. The van der Waals surface area contributed by atoms with Gasteiger partial charge in [0.2, 0.25) is 0 Å². The molecule has 26 heavy (non-hydrogen) atoms. The lowest BCUT2D eigenvalue weighted by Crippen LogP contribution is -2.36. The first-order chi connectivity index (χ1) is 12.6. The van der Waals surface area contributed by atoms with E-state index in [1.165, 1.54) is 31.5 Å². The second-order valence-corrected chi connectivity index (χ2v) is 7.05. The molecule has 0 bridgehead atoms. The van der Waals surface area contributed by atoms with Gasteiger partial charge in [0.15, 0.2) is 6.10 Å². The van der Waals surface area contributed by atoms with E-state index >= 15 is 0 Å². The second kappa shape index (κ2) is 8.86. The highest BCUT2D eigenvalue weighted by molar-refractivity contribution is 5.80. The van der Waals surface area contributed by atoms with Crippen molar-refractivity contribution in [2.45, 2.75) is 45.9 Å². The van der Waals surface area contributed by atoms with Gasteiger partial charge in [-0.3, -0.25) is 9.69 Å². The van der Waals surface area contributed by atoms with Crippen LogP contribution in [0.1, 0.15) is 36.5 Å². The molecule has 0 aliphatic carbocycles. The van der Waals surface area contributed by atoms with Crippen molar-refractivity contribution < 1.29 is 9.53 Å². The molecule has 1 aliphatic heterocycles. The number of rotatable bonds is 7. The topological polar surface area (TPSA) is 41.6 Å². The zero-order valence-electron chi connectivity index (χ0n) is 15.7. The maximum Gasteiger partial charge on any atom is 0.261 e. The van der Waals surface area contributed by atoms with Crippen LogP contribution in [-0.2, 0) is 17.9 Å². The van der Waals surface area contributed by atoms with E-state index in [1.54, 1.807) is 6.92 Å². The molecule has 1 atom stereocenters. The molecule has 1 heterocycles. The van der Waals surface area contributed by atoms with Crippen molar-refractivity contribution in [2.75, 3.05) is 13.1 Å². The van der Waals surface area contributed by atoms with Crippen LogP contribution in [0.5, 0.6) is 5.75 Å². The number of ether oxygens (including phenoxy) is 1. The molecule has 1 aliphatic rings. The van der Waals surface area contributed by atoms with Crippen LogP contribution in [0, 0.1) is 6.92 Å². The van der Waals surface area contributed by atoms with E-state index in [-0.39, 0.29) is 5.91 Å². The van der Waals surface area contributed by atoms with Crippen LogP contribution in [0.3, 0.4) is 0 Å². The number of nitrogens with zero attached hydrogens (tertiary/aromatic N) is 1. The monoisotopic (exact) mass is 352 g/mol. The van der Waals surface area contributed by atoms with E-state index in [2.05, 4.69) is 34.5 Å². The van der Waals surface area contributed by atoms with Crippen molar-refractivity contribution >= 4 is 5.91 Å². The molecule has 0 aromatic heterocycles. The standard InChI is InChI=1S/C22H28N2O2/c1-17-8-3-4-11-21(17)26-18(2)22(25)23-15-19-9-7-10-20(14-19)16-24-12-5-6-13-24/h3-4,7-11,14,18H,5-6,12-13,15-16H2,1-2H3,(H,23,25). The maximum absolute atomic E-state index is 12.4. The lowest BCUT2D eigenvalue weighted by molar-refractivity contribution is -0.127. The molecule has 3 rings (SSSR count). The van der Waals surface area contributed by atoms with Crippen molar-refractivity contribution in [1.29, 1.82) is 0 Å². The molecule has 0 saturated carbocycles. The molecule has 1 fully saturated rings. The Morgan fingerprint density at radius 3 is 2.62 bits per heavy atom. The van der Waals surface area contributed by atoms with Crippen LogP contribution in [0.25, 0.3) is 0 Å². The summed E-state index contributed by atoms with van der Waals surface area (Å²) >= 11 is 0. The highest BCUT2D eigenvalue weighted by atomic mass is 16.5. The number of carbonyl (C=O) groups is 1. The lowest BCUT2D eigenvalue weighted by atomic mass is 10.1. The minimum absolute atomic E-state index is 0.0989. The molecule has 1 unspecified atom stereocenters. The van der Waals surface area contributed by atoms with Crippen molar-refractivity contribution in [2.24, 2.45) is 0 Å². The predicted molar refractivity (Wildman–Crippen MR) is 104 cm³/mol. The Morgan fingerprint density at radius 1 is 1.12 bits per heavy atom. The van der Waals surface area contributed by atoms with Crippen LogP contribution >= 0.6 is 0 Å². The maximum atomic E-state index is 12.4. The third-order valence-corrected chi connectivity index (χ3v) is 4.83. The molecular formula is C22H28N2O2. The van der Waals surface area contributed by atoms with Crippen molar-refractivity contribution in [3.8, 4) is 5.75 Å². The minimum Gasteiger partial charge on any atom is -0.481 e. The molecule has 2 aromatic rings. The SMILES string of the molecule is Cc1ccccc1OC(C)C(=O)NCc1cccc(CN2CCCC2)c1. The number of amides is 1. The summed E-state index contributed by atoms with van der Waals surface area (Å²) < 4.78 is 5.79. The van der Waals surface area contributed by atoms with Gasteiger partial charge in [0, 0.05) is 13.1 Å². The Hall–Kier alpha value is -2.33. The molecule has 138 valence electrons. The number of hydrogen-bond donors (Lipinski definition) is 1. The summed E-state index contributed by atoms with van der Waals surface area (Å²) in [4.78, 5) is 14.8. The van der Waals surface area contributed by atoms with Gasteiger partial charge < -0.3 is 10.1 Å². The van der Waals surface area contributed by atoms with E-state index in [0.29, 0.717) is 6.54 Å². The van der Waals surface area contributed by atoms with Crippen molar-refractivity contribution in [1.82, 2.24) is 10.2 Å². The fourth-order valence-corrected chi connectivity index (χ4v) is 3.30. The highest BCUT2D eigenvalue weighted by Gasteiger charge is 2.15. The first-order valence-corrected chi connectivity index (χ1v) is 9.42. The number of carbonyl (C=O) groups excluding carboxylic acids is 1. The summed E-state index contributed by atoms with van der Waals surface area (Å²) in [6.45, 7) is 7.66. The Kier molecular flexibility index (Phi) is 6.29. The predicted octanol–water partition coefficient (Wildman–Crippen LogP) is 3.67. The van der Waals surface area contributed by atoms with E-state index in [1.807, 2.05) is 31.2 Å². The van der Waals surface area contributed by atoms with E-state index in [0.717, 1.165) is 23.4 Å². The number of likely N-dealkylation sites (tertiary alicyclic amines) is 1. The second-order valence-electron chi connectivity index (χ2n) is 7.05. The smallest absolute Gasteiger partial charge is 0.261 e. The molecule has 1 N–H and O–H groups in total. The summed E-state index contributed by atoms with van der Waals surface area (Å²) in [6, 6.07) is 16.2. The Balaban J connectivity index is 1.51. The zero-order chi connectivity index (χ0) is 18.4. The van der Waals surface area contributed by atoms with E-state index in [4.69, 9.17) is 4.74 Å². The average Bonchev–Trinajstić information content (AvgIpc) is 3.15. The molecule has 2 aromatic carbocycles. The molecule has 1 amide bonds. The summed E-state index contributed by atoms with van der Waals surface area (Å²) in [6.07, 6.45) is 2.08. The summed E-state index contributed by atoms with van der Waals surface area (Å²) in [5.41, 5.74) is 3.46.